The van der Waals surface area contributed by atoms with Gasteiger partial charge in [0.25, 0.3) is 0 Å². The maximum atomic E-state index is 13.5. The van der Waals surface area contributed by atoms with E-state index in [1.54, 1.807) is 24.3 Å². The molecule has 0 amide bonds. The smallest absolute Gasteiger partial charge is 0.328 e. The van der Waals surface area contributed by atoms with Gasteiger partial charge in [-0.3, -0.25) is 10.1 Å². The van der Waals surface area contributed by atoms with Gasteiger partial charge in [-0.2, -0.15) is 5.26 Å². The van der Waals surface area contributed by atoms with Crippen molar-refractivity contribution < 1.29 is 9.31 Å². The Morgan fingerprint density at radius 3 is 2.80 bits per heavy atom. The highest BCUT2D eigenvalue weighted by Gasteiger charge is 2.21. The largest absolute Gasteiger partial charge is 0.360 e. The Balaban J connectivity index is 2.29. The molecule has 1 aromatic carbocycles. The number of nitriles is 1. The minimum absolute atomic E-state index is 0.0371. The summed E-state index contributed by atoms with van der Waals surface area (Å²) in [6.07, 6.45) is 1.29. The van der Waals surface area contributed by atoms with E-state index in [1.807, 2.05) is 0 Å². The Bertz CT molecular complexity index is 697. The van der Waals surface area contributed by atoms with E-state index in [0.717, 1.165) is 0 Å². The lowest BCUT2D eigenvalue weighted by molar-refractivity contribution is -0.384. The van der Waals surface area contributed by atoms with Crippen molar-refractivity contribution in [3.8, 4) is 6.07 Å². The molecule has 0 saturated carbocycles. The van der Waals surface area contributed by atoms with Crippen LogP contribution in [0.4, 0.5) is 15.9 Å². The van der Waals surface area contributed by atoms with Crippen molar-refractivity contribution in [2.75, 3.05) is 5.32 Å². The number of pyridine rings is 1. The van der Waals surface area contributed by atoms with Gasteiger partial charge in [0, 0.05) is 18.3 Å². The molecule has 0 unspecified atom stereocenters. The van der Waals surface area contributed by atoms with Crippen molar-refractivity contribution in [2.24, 2.45) is 0 Å². The molecule has 1 N–H and O–H groups in total. The molecule has 2 aromatic rings. The highest BCUT2D eigenvalue weighted by atomic mass is 19.1. The number of nitrogens with zero attached hydrogens (tertiary/aromatic N) is 3. The van der Waals surface area contributed by atoms with Crippen molar-refractivity contribution in [3.63, 3.8) is 0 Å². The standard InChI is InChI=1S/C13H9FN4O2/c14-11-4-2-1-3-10(11)8-17-13-12(18(19)20)9(7-15)5-6-16-13/h1-6H,8H2,(H,16,17). The third kappa shape index (κ3) is 2.70. The van der Waals surface area contributed by atoms with E-state index in [2.05, 4.69) is 10.3 Å². The van der Waals surface area contributed by atoms with Crippen LogP contribution in [0.2, 0.25) is 0 Å². The summed E-state index contributed by atoms with van der Waals surface area (Å²) in [6.45, 7) is 0.0371. The lowest BCUT2D eigenvalue weighted by atomic mass is 10.2. The number of rotatable bonds is 4. The third-order valence-corrected chi connectivity index (χ3v) is 2.63. The predicted molar refractivity (Wildman–Crippen MR) is 69.3 cm³/mol. The van der Waals surface area contributed by atoms with Gasteiger partial charge in [0.1, 0.15) is 17.4 Å². The van der Waals surface area contributed by atoms with Gasteiger partial charge in [0.15, 0.2) is 0 Å². The summed E-state index contributed by atoms with van der Waals surface area (Å²) in [6, 6.07) is 9.05. The number of hydrogen-bond acceptors (Lipinski definition) is 5. The summed E-state index contributed by atoms with van der Waals surface area (Å²) < 4.78 is 13.5. The Hall–Kier alpha value is -3.01. The van der Waals surface area contributed by atoms with E-state index >= 15 is 0 Å². The lowest BCUT2D eigenvalue weighted by Crippen LogP contribution is -2.07. The first-order valence-corrected chi connectivity index (χ1v) is 5.64. The van der Waals surface area contributed by atoms with Gasteiger partial charge in [-0.1, -0.05) is 18.2 Å². The van der Waals surface area contributed by atoms with Crippen LogP contribution in [0.1, 0.15) is 11.1 Å². The summed E-state index contributed by atoms with van der Waals surface area (Å²) in [5, 5.41) is 22.5. The van der Waals surface area contributed by atoms with Crippen molar-refractivity contribution in [3.05, 3.63) is 63.6 Å². The maximum absolute atomic E-state index is 13.5. The van der Waals surface area contributed by atoms with E-state index in [4.69, 9.17) is 5.26 Å². The van der Waals surface area contributed by atoms with Crippen molar-refractivity contribution in [1.29, 1.82) is 5.26 Å². The number of benzene rings is 1. The first-order chi connectivity index (χ1) is 9.63. The van der Waals surface area contributed by atoms with Gasteiger partial charge in [-0.25, -0.2) is 9.37 Å². The molecule has 0 aliphatic carbocycles. The fourth-order valence-corrected chi connectivity index (χ4v) is 1.68. The van der Waals surface area contributed by atoms with Crippen LogP contribution >= 0.6 is 0 Å². The molecular formula is C13H9FN4O2. The normalized spacial score (nSPS) is 9.80. The SMILES string of the molecule is N#Cc1ccnc(NCc2ccccc2F)c1[N+](=O)[O-]. The summed E-state index contributed by atoms with van der Waals surface area (Å²) in [7, 11) is 0. The minimum atomic E-state index is -0.685. The monoisotopic (exact) mass is 272 g/mol. The van der Waals surface area contributed by atoms with Crippen molar-refractivity contribution in [2.45, 2.75) is 6.54 Å². The van der Waals surface area contributed by atoms with Crippen LogP contribution in [0.3, 0.4) is 0 Å². The first-order valence-electron chi connectivity index (χ1n) is 5.64. The highest BCUT2D eigenvalue weighted by molar-refractivity contribution is 5.64. The number of nitrogens with one attached hydrogen (secondary N) is 1. The first kappa shape index (κ1) is 13.4. The van der Waals surface area contributed by atoms with Gasteiger partial charge in [-0.15, -0.1) is 0 Å². The summed E-state index contributed by atoms with van der Waals surface area (Å²) in [4.78, 5) is 14.1. The van der Waals surface area contributed by atoms with Crippen LogP contribution in [0.15, 0.2) is 36.5 Å². The van der Waals surface area contributed by atoms with Crippen LogP contribution < -0.4 is 5.32 Å². The molecule has 0 spiro atoms. The molecular weight excluding hydrogens is 263 g/mol. The summed E-state index contributed by atoms with van der Waals surface area (Å²) >= 11 is 0. The quantitative estimate of drug-likeness (QED) is 0.682. The van der Waals surface area contributed by atoms with E-state index in [1.165, 1.54) is 18.3 Å². The van der Waals surface area contributed by atoms with E-state index in [9.17, 15) is 14.5 Å². The molecule has 2 rings (SSSR count). The topological polar surface area (TPSA) is 91.8 Å². The molecule has 6 nitrogen and oxygen atoms in total. The summed E-state index contributed by atoms with van der Waals surface area (Å²) in [5.41, 5.74) is -0.154. The fourth-order valence-electron chi connectivity index (χ4n) is 1.68. The Morgan fingerprint density at radius 1 is 1.40 bits per heavy atom. The molecule has 1 heterocycles. The van der Waals surface area contributed by atoms with Gasteiger partial charge >= 0.3 is 5.69 Å². The zero-order valence-corrected chi connectivity index (χ0v) is 10.2. The molecule has 7 heteroatoms. The molecule has 100 valence electrons. The molecule has 20 heavy (non-hydrogen) atoms. The number of hydrogen-bond donors (Lipinski definition) is 1. The van der Waals surface area contributed by atoms with Crippen LogP contribution in [-0.4, -0.2) is 9.91 Å². The number of anilines is 1. The van der Waals surface area contributed by atoms with Gasteiger partial charge in [-0.05, 0) is 12.1 Å². The molecule has 0 radical (unpaired) electrons. The third-order valence-electron chi connectivity index (χ3n) is 2.63. The van der Waals surface area contributed by atoms with Gasteiger partial charge in [0.05, 0.1) is 4.92 Å². The predicted octanol–water partition coefficient (Wildman–Crippen LogP) is 2.61. The van der Waals surface area contributed by atoms with E-state index in [0.29, 0.717) is 5.56 Å². The average molecular weight is 272 g/mol. The molecule has 0 aliphatic heterocycles. The Morgan fingerprint density at radius 2 is 2.15 bits per heavy atom. The second-order valence-electron chi connectivity index (χ2n) is 3.87. The van der Waals surface area contributed by atoms with Crippen LogP contribution in [0.5, 0.6) is 0 Å². The number of aromatic nitrogens is 1. The summed E-state index contributed by atoms with van der Waals surface area (Å²) in [5.74, 6) is -0.476. The average Bonchev–Trinajstić information content (AvgIpc) is 2.45. The van der Waals surface area contributed by atoms with Crippen molar-refractivity contribution >= 4 is 11.5 Å². The van der Waals surface area contributed by atoms with Crippen LogP contribution in [-0.2, 0) is 6.54 Å². The van der Waals surface area contributed by atoms with E-state index in [-0.39, 0.29) is 17.9 Å². The maximum Gasteiger partial charge on any atom is 0.328 e. The zero-order chi connectivity index (χ0) is 14.5. The molecule has 1 aromatic heterocycles. The highest BCUT2D eigenvalue weighted by Crippen LogP contribution is 2.26. The Kier molecular flexibility index (Phi) is 3.86. The number of halogens is 1. The molecule has 0 atom stereocenters. The van der Waals surface area contributed by atoms with Gasteiger partial charge in [0.2, 0.25) is 5.82 Å². The fraction of sp³-hybridized carbons (Fsp3) is 0.0769. The molecule has 0 saturated heterocycles. The second kappa shape index (κ2) is 5.75. The Labute approximate surface area is 113 Å². The molecule has 0 fully saturated rings. The number of nitro groups is 1. The second-order valence-corrected chi connectivity index (χ2v) is 3.87. The van der Waals surface area contributed by atoms with Crippen molar-refractivity contribution in [1.82, 2.24) is 4.98 Å². The van der Waals surface area contributed by atoms with Crippen LogP contribution in [0, 0.1) is 27.3 Å². The zero-order valence-electron chi connectivity index (χ0n) is 10.2. The van der Waals surface area contributed by atoms with Crippen LogP contribution in [0.25, 0.3) is 0 Å². The lowest BCUT2D eigenvalue weighted by Gasteiger charge is -2.07. The molecule has 0 aliphatic rings. The van der Waals surface area contributed by atoms with Gasteiger partial charge < -0.3 is 5.32 Å². The van der Waals surface area contributed by atoms with E-state index < -0.39 is 16.4 Å². The minimum Gasteiger partial charge on any atom is -0.360 e. The molecule has 0 bridgehead atoms.